The molecule has 3 rings (SSSR count). The highest BCUT2D eigenvalue weighted by Crippen LogP contribution is 2.23. The van der Waals surface area contributed by atoms with E-state index >= 15 is 0 Å². The van der Waals surface area contributed by atoms with E-state index in [0.29, 0.717) is 11.1 Å². The predicted molar refractivity (Wildman–Crippen MR) is 88.5 cm³/mol. The molecule has 2 N–H and O–H groups in total. The third kappa shape index (κ3) is 3.78. The molecule has 0 aliphatic carbocycles. The fourth-order valence-electron chi connectivity index (χ4n) is 2.09. The summed E-state index contributed by atoms with van der Waals surface area (Å²) in [6.07, 6.45) is 5.45. The van der Waals surface area contributed by atoms with Gasteiger partial charge in [-0.1, -0.05) is 17.8 Å². The number of aromatic amines is 1. The number of benzene rings is 1. The van der Waals surface area contributed by atoms with Crippen molar-refractivity contribution in [1.82, 2.24) is 24.7 Å². The molecule has 23 heavy (non-hydrogen) atoms. The number of hydrogen-bond acceptors (Lipinski definition) is 5. The van der Waals surface area contributed by atoms with E-state index in [4.69, 9.17) is 0 Å². The highest BCUT2D eigenvalue weighted by Gasteiger charge is 2.07. The molecular weight excluding hydrogens is 312 g/mol. The average molecular weight is 328 g/mol. The summed E-state index contributed by atoms with van der Waals surface area (Å²) >= 11 is 1.52. The maximum atomic E-state index is 11.0. The van der Waals surface area contributed by atoms with Crippen LogP contribution in [0.5, 0.6) is 0 Å². The average Bonchev–Trinajstić information content (AvgIpc) is 3.17. The van der Waals surface area contributed by atoms with Gasteiger partial charge in [0.15, 0.2) is 0 Å². The minimum absolute atomic E-state index is 0.177. The van der Waals surface area contributed by atoms with Gasteiger partial charge in [-0.15, -0.1) is 5.10 Å². The maximum absolute atomic E-state index is 11.0. The van der Waals surface area contributed by atoms with Crippen molar-refractivity contribution in [2.75, 3.05) is 5.32 Å². The number of anilines is 1. The van der Waals surface area contributed by atoms with E-state index in [2.05, 4.69) is 50.6 Å². The first-order chi connectivity index (χ1) is 11.1. The van der Waals surface area contributed by atoms with E-state index in [1.54, 1.807) is 12.5 Å². The molecule has 0 radical (unpaired) electrons. The number of amides is 1. The molecule has 0 saturated heterocycles. The lowest BCUT2D eigenvalue weighted by Gasteiger charge is -2.08. The Labute approximate surface area is 137 Å². The van der Waals surface area contributed by atoms with Gasteiger partial charge in [0.25, 0.3) is 0 Å². The second kappa shape index (κ2) is 6.66. The number of nitrogens with zero attached hydrogens (tertiary/aromatic N) is 4. The Kier molecular flexibility index (Phi) is 4.42. The minimum atomic E-state index is -0.177. The number of imidazole rings is 1. The molecule has 0 fully saturated rings. The van der Waals surface area contributed by atoms with E-state index in [9.17, 15) is 4.79 Å². The molecule has 1 amide bonds. The van der Waals surface area contributed by atoms with Gasteiger partial charge in [0, 0.05) is 30.8 Å². The van der Waals surface area contributed by atoms with Crippen LogP contribution in [0.2, 0.25) is 0 Å². The maximum Gasteiger partial charge on any atom is 0.226 e. The lowest BCUT2D eigenvalue weighted by Crippen LogP contribution is -2.06. The van der Waals surface area contributed by atoms with Crippen LogP contribution in [-0.2, 0) is 10.5 Å². The second-order valence-corrected chi connectivity index (χ2v) is 5.96. The normalized spacial score (nSPS) is 10.7. The molecule has 1 aromatic carbocycles. The highest BCUT2D eigenvalue weighted by molar-refractivity contribution is 7.98. The van der Waals surface area contributed by atoms with Gasteiger partial charge in [-0.2, -0.15) is 4.98 Å². The molecule has 0 bridgehead atoms. The van der Waals surface area contributed by atoms with Crippen LogP contribution < -0.4 is 5.32 Å². The van der Waals surface area contributed by atoms with Crippen molar-refractivity contribution in [2.45, 2.75) is 24.8 Å². The molecular formula is C15H16N6OS. The van der Waals surface area contributed by atoms with Gasteiger partial charge in [-0.3, -0.25) is 10.1 Å². The van der Waals surface area contributed by atoms with Gasteiger partial charge in [0.1, 0.15) is 0 Å². The van der Waals surface area contributed by atoms with Crippen molar-refractivity contribution >= 4 is 23.6 Å². The first-order valence-electron chi connectivity index (χ1n) is 7.02. The monoisotopic (exact) mass is 328 g/mol. The summed E-state index contributed by atoms with van der Waals surface area (Å²) in [6.45, 7) is 3.51. The summed E-state index contributed by atoms with van der Waals surface area (Å²) in [5.41, 5.74) is 3.49. The van der Waals surface area contributed by atoms with E-state index in [-0.39, 0.29) is 5.91 Å². The van der Waals surface area contributed by atoms with Crippen molar-refractivity contribution in [1.29, 1.82) is 0 Å². The van der Waals surface area contributed by atoms with Crippen molar-refractivity contribution in [3.05, 3.63) is 48.0 Å². The van der Waals surface area contributed by atoms with E-state index in [1.807, 2.05) is 10.8 Å². The summed E-state index contributed by atoms with van der Waals surface area (Å²) in [4.78, 5) is 19.2. The van der Waals surface area contributed by atoms with Crippen molar-refractivity contribution in [3.63, 3.8) is 0 Å². The molecule has 7 nitrogen and oxygen atoms in total. The van der Waals surface area contributed by atoms with Crippen LogP contribution in [0.25, 0.3) is 5.69 Å². The summed E-state index contributed by atoms with van der Waals surface area (Å²) < 4.78 is 1.97. The summed E-state index contributed by atoms with van der Waals surface area (Å²) in [5, 5.41) is 9.93. The molecule has 0 saturated carbocycles. The highest BCUT2D eigenvalue weighted by atomic mass is 32.2. The predicted octanol–water partition coefficient (Wildman–Crippen LogP) is 2.55. The van der Waals surface area contributed by atoms with Crippen molar-refractivity contribution in [2.24, 2.45) is 0 Å². The molecule has 2 aromatic heterocycles. The van der Waals surface area contributed by atoms with E-state index in [1.165, 1.54) is 29.8 Å². The zero-order valence-corrected chi connectivity index (χ0v) is 13.6. The van der Waals surface area contributed by atoms with Gasteiger partial charge in [-0.05, 0) is 30.2 Å². The Morgan fingerprint density at radius 1 is 1.43 bits per heavy atom. The quantitative estimate of drug-likeness (QED) is 0.703. The Bertz CT molecular complexity index is 811. The number of rotatable bonds is 5. The smallest absolute Gasteiger partial charge is 0.226 e. The minimum Gasteiger partial charge on any atom is -0.306 e. The van der Waals surface area contributed by atoms with Gasteiger partial charge in [-0.25, -0.2) is 10.1 Å². The number of aromatic nitrogens is 5. The molecule has 118 valence electrons. The largest absolute Gasteiger partial charge is 0.306 e. The first-order valence-corrected chi connectivity index (χ1v) is 8.01. The Morgan fingerprint density at radius 3 is 3.00 bits per heavy atom. The van der Waals surface area contributed by atoms with Gasteiger partial charge < -0.3 is 4.57 Å². The number of H-pyrrole nitrogens is 1. The Balaban J connectivity index is 1.66. The van der Waals surface area contributed by atoms with Crippen LogP contribution in [0.3, 0.4) is 0 Å². The van der Waals surface area contributed by atoms with Crippen molar-refractivity contribution < 1.29 is 4.79 Å². The van der Waals surface area contributed by atoms with Gasteiger partial charge in [0.2, 0.25) is 17.0 Å². The number of carbonyl (C=O) groups excluding carboxylic acids is 1. The fourth-order valence-corrected chi connectivity index (χ4v) is 2.96. The summed E-state index contributed by atoms with van der Waals surface area (Å²) in [6, 6.07) is 6.28. The Hall–Kier alpha value is -2.61. The summed E-state index contributed by atoms with van der Waals surface area (Å²) in [5.74, 6) is 0.948. The molecule has 0 spiro atoms. The lowest BCUT2D eigenvalue weighted by atomic mass is 10.1. The SMILES string of the molecule is CC(=O)Nc1nc(SCc2ccc(-n3ccnc3)cc2C)n[nH]1. The van der Waals surface area contributed by atoms with Gasteiger partial charge >= 0.3 is 0 Å². The zero-order valence-electron chi connectivity index (χ0n) is 12.8. The third-order valence-electron chi connectivity index (χ3n) is 3.24. The molecule has 0 aliphatic rings. The molecule has 0 atom stereocenters. The van der Waals surface area contributed by atoms with Crippen LogP contribution in [0.15, 0.2) is 42.1 Å². The topological polar surface area (TPSA) is 88.5 Å². The molecule has 0 unspecified atom stereocenters. The lowest BCUT2D eigenvalue weighted by molar-refractivity contribution is -0.114. The third-order valence-corrected chi connectivity index (χ3v) is 4.14. The number of thioether (sulfide) groups is 1. The first kappa shape index (κ1) is 15.3. The van der Waals surface area contributed by atoms with Crippen LogP contribution in [0.4, 0.5) is 5.95 Å². The van der Waals surface area contributed by atoms with Crippen LogP contribution in [0, 0.1) is 6.92 Å². The van der Waals surface area contributed by atoms with Gasteiger partial charge in [0.05, 0.1) is 6.33 Å². The number of carbonyl (C=O) groups is 1. The fraction of sp³-hybridized carbons (Fsp3) is 0.200. The molecule has 0 aliphatic heterocycles. The van der Waals surface area contributed by atoms with Crippen LogP contribution in [0.1, 0.15) is 18.1 Å². The zero-order chi connectivity index (χ0) is 16.2. The van der Waals surface area contributed by atoms with E-state index < -0.39 is 0 Å². The standard InChI is InChI=1S/C15H16N6OS/c1-10-7-13(21-6-5-16-9-21)4-3-12(10)8-23-15-18-14(19-20-15)17-11(2)22/h3-7,9H,8H2,1-2H3,(H2,17,18,19,20,22). The number of aryl methyl sites for hydroxylation is 1. The van der Waals surface area contributed by atoms with E-state index in [0.717, 1.165) is 11.4 Å². The second-order valence-electron chi connectivity index (χ2n) is 5.02. The molecule has 8 heteroatoms. The van der Waals surface area contributed by atoms with Crippen LogP contribution in [-0.4, -0.2) is 30.6 Å². The molecule has 2 heterocycles. The van der Waals surface area contributed by atoms with Crippen LogP contribution >= 0.6 is 11.8 Å². The molecule has 3 aromatic rings. The summed E-state index contributed by atoms with van der Waals surface area (Å²) in [7, 11) is 0. The number of nitrogens with one attached hydrogen (secondary N) is 2. The van der Waals surface area contributed by atoms with Crippen molar-refractivity contribution in [3.8, 4) is 5.69 Å². The Morgan fingerprint density at radius 2 is 2.30 bits per heavy atom. The number of hydrogen-bond donors (Lipinski definition) is 2.